The van der Waals surface area contributed by atoms with Crippen molar-refractivity contribution < 1.29 is 0 Å². The van der Waals surface area contributed by atoms with Crippen molar-refractivity contribution in [2.24, 2.45) is 0 Å². The van der Waals surface area contributed by atoms with Crippen LogP contribution in [0.1, 0.15) is 33.0 Å². The molecule has 1 atom stereocenters. The van der Waals surface area contributed by atoms with E-state index in [9.17, 15) is 0 Å². The molecule has 0 bridgehead atoms. The topological polar surface area (TPSA) is 42.7 Å². The third-order valence-corrected chi connectivity index (χ3v) is 2.20. The molecule has 1 aromatic rings. The van der Waals surface area contributed by atoms with Gasteiger partial charge in [0.25, 0.3) is 0 Å². The molecule has 1 N–H and O–H groups in total. The van der Waals surface area contributed by atoms with Gasteiger partial charge in [0, 0.05) is 19.0 Å². The summed E-state index contributed by atoms with van der Waals surface area (Å²) in [5.41, 5.74) is 0. The molecule has 0 aliphatic heterocycles. The summed E-state index contributed by atoms with van der Waals surface area (Å²) < 4.78 is 2.13. The quantitative estimate of drug-likeness (QED) is 0.744. The molecule has 0 aliphatic carbocycles. The Morgan fingerprint density at radius 2 is 2.29 bits per heavy atom. The number of likely N-dealkylation sites (N-methyl/N-ethyl adjacent to an activating group) is 1. The molecule has 4 heteroatoms. The van der Waals surface area contributed by atoms with Gasteiger partial charge in [-0.1, -0.05) is 13.8 Å². The van der Waals surface area contributed by atoms with Crippen LogP contribution < -0.4 is 5.32 Å². The van der Waals surface area contributed by atoms with Gasteiger partial charge in [-0.15, -0.1) is 10.2 Å². The van der Waals surface area contributed by atoms with E-state index in [1.165, 1.54) is 0 Å². The molecule has 0 fully saturated rings. The fourth-order valence-corrected chi connectivity index (χ4v) is 1.56. The normalized spacial score (nSPS) is 13.1. The minimum atomic E-state index is 0.472. The highest BCUT2D eigenvalue weighted by molar-refractivity contribution is 4.89. The molecule has 1 rings (SSSR count). The summed E-state index contributed by atoms with van der Waals surface area (Å²) in [6.45, 7) is 8.48. The van der Waals surface area contributed by atoms with Crippen molar-refractivity contribution in [3.05, 3.63) is 12.2 Å². The highest BCUT2D eigenvalue weighted by Crippen LogP contribution is 2.01. The Morgan fingerprint density at radius 1 is 1.50 bits per heavy atom. The van der Waals surface area contributed by atoms with Crippen LogP contribution in [0.4, 0.5) is 0 Å². The summed E-state index contributed by atoms with van der Waals surface area (Å²) in [6.07, 6.45) is 3.89. The zero-order valence-corrected chi connectivity index (χ0v) is 9.32. The minimum absolute atomic E-state index is 0.472. The van der Waals surface area contributed by atoms with E-state index >= 15 is 0 Å². The first-order chi connectivity index (χ1) is 6.77. The molecule has 0 spiro atoms. The fraction of sp³-hybridized carbons (Fsp3) is 0.800. The second-order valence-corrected chi connectivity index (χ2v) is 3.60. The van der Waals surface area contributed by atoms with Crippen molar-refractivity contribution in [2.45, 2.75) is 46.2 Å². The summed E-state index contributed by atoms with van der Waals surface area (Å²) in [6, 6.07) is 0.472. The Hall–Kier alpha value is -0.900. The molecule has 1 heterocycles. The molecule has 1 aromatic heterocycles. The van der Waals surface area contributed by atoms with Gasteiger partial charge in [0.15, 0.2) is 0 Å². The highest BCUT2D eigenvalue weighted by Gasteiger charge is 2.07. The molecular weight excluding hydrogens is 176 g/mol. The van der Waals surface area contributed by atoms with E-state index in [0.717, 1.165) is 31.8 Å². The van der Waals surface area contributed by atoms with Gasteiger partial charge in [-0.05, 0) is 19.9 Å². The fourth-order valence-electron chi connectivity index (χ4n) is 1.56. The van der Waals surface area contributed by atoms with Gasteiger partial charge in [-0.25, -0.2) is 0 Å². The number of hydrogen-bond donors (Lipinski definition) is 1. The molecule has 0 saturated carbocycles. The average molecular weight is 196 g/mol. The maximum absolute atomic E-state index is 4.13. The Kier molecular flexibility index (Phi) is 4.59. The highest BCUT2D eigenvalue weighted by atomic mass is 15.3. The molecule has 80 valence electrons. The van der Waals surface area contributed by atoms with Crippen LogP contribution >= 0.6 is 0 Å². The van der Waals surface area contributed by atoms with Crippen molar-refractivity contribution in [3.63, 3.8) is 0 Å². The number of hydrogen-bond acceptors (Lipinski definition) is 3. The lowest BCUT2D eigenvalue weighted by Crippen LogP contribution is -2.28. The molecule has 0 radical (unpaired) electrons. The van der Waals surface area contributed by atoms with Crippen LogP contribution in [-0.2, 0) is 13.0 Å². The van der Waals surface area contributed by atoms with Gasteiger partial charge in [0.2, 0.25) is 0 Å². The lowest BCUT2D eigenvalue weighted by molar-refractivity contribution is 0.528. The third kappa shape index (κ3) is 3.10. The molecule has 4 nitrogen and oxygen atoms in total. The largest absolute Gasteiger partial charge is 0.318 e. The summed E-state index contributed by atoms with van der Waals surface area (Å²) in [4.78, 5) is 0. The van der Waals surface area contributed by atoms with Gasteiger partial charge in [-0.2, -0.15) is 0 Å². The zero-order valence-electron chi connectivity index (χ0n) is 9.32. The summed E-state index contributed by atoms with van der Waals surface area (Å²) >= 11 is 0. The maximum atomic E-state index is 4.13. The first-order valence-corrected chi connectivity index (χ1v) is 5.38. The van der Waals surface area contributed by atoms with Gasteiger partial charge >= 0.3 is 0 Å². The van der Waals surface area contributed by atoms with Crippen LogP contribution in [0, 0.1) is 0 Å². The van der Waals surface area contributed by atoms with Crippen molar-refractivity contribution in [2.75, 3.05) is 6.54 Å². The number of nitrogens with one attached hydrogen (secondary N) is 1. The number of rotatable bonds is 6. The van der Waals surface area contributed by atoms with E-state index in [1.54, 1.807) is 0 Å². The van der Waals surface area contributed by atoms with E-state index < -0.39 is 0 Å². The smallest absolute Gasteiger partial charge is 0.134 e. The second kappa shape index (κ2) is 5.75. The Balaban J connectivity index is 2.52. The number of aromatic nitrogens is 3. The first-order valence-electron chi connectivity index (χ1n) is 5.38. The van der Waals surface area contributed by atoms with E-state index in [1.807, 2.05) is 6.33 Å². The first kappa shape index (κ1) is 11.2. The minimum Gasteiger partial charge on any atom is -0.318 e. The standard InChI is InChI=1S/C10H20N4/c1-4-6-14-8-12-13-10(14)7-9(3)11-5-2/h8-9,11H,4-7H2,1-3H3. The van der Waals surface area contributed by atoms with Gasteiger partial charge in [0.05, 0.1) is 0 Å². The van der Waals surface area contributed by atoms with Crippen LogP contribution in [0.15, 0.2) is 6.33 Å². The Bertz CT molecular complexity index is 256. The molecule has 14 heavy (non-hydrogen) atoms. The SMILES string of the molecule is CCCn1cnnc1CC(C)NCC. The third-order valence-electron chi connectivity index (χ3n) is 2.20. The van der Waals surface area contributed by atoms with Crippen LogP contribution in [-0.4, -0.2) is 27.4 Å². The number of aryl methyl sites for hydroxylation is 1. The predicted molar refractivity (Wildman–Crippen MR) is 57.2 cm³/mol. The summed E-state index contributed by atoms with van der Waals surface area (Å²) in [5, 5.41) is 11.4. The van der Waals surface area contributed by atoms with Crippen molar-refractivity contribution in [1.82, 2.24) is 20.1 Å². The average Bonchev–Trinajstić information content (AvgIpc) is 2.54. The van der Waals surface area contributed by atoms with Crippen LogP contribution in [0.3, 0.4) is 0 Å². The molecule has 0 aliphatic rings. The van der Waals surface area contributed by atoms with Crippen LogP contribution in [0.25, 0.3) is 0 Å². The van der Waals surface area contributed by atoms with E-state index in [0.29, 0.717) is 6.04 Å². The zero-order chi connectivity index (χ0) is 10.4. The second-order valence-electron chi connectivity index (χ2n) is 3.60. The summed E-state index contributed by atoms with van der Waals surface area (Å²) in [5.74, 6) is 1.08. The Morgan fingerprint density at radius 3 is 2.93 bits per heavy atom. The Labute approximate surface area is 85.7 Å². The van der Waals surface area contributed by atoms with Crippen LogP contribution in [0.2, 0.25) is 0 Å². The number of nitrogens with zero attached hydrogens (tertiary/aromatic N) is 3. The molecular formula is C10H20N4. The predicted octanol–water partition coefficient (Wildman–Crippen LogP) is 1.23. The molecule has 0 saturated heterocycles. The molecule has 0 aromatic carbocycles. The van der Waals surface area contributed by atoms with Gasteiger partial charge < -0.3 is 9.88 Å². The van der Waals surface area contributed by atoms with Gasteiger partial charge in [0.1, 0.15) is 12.2 Å². The van der Waals surface area contributed by atoms with E-state index in [2.05, 4.69) is 40.9 Å². The molecule has 0 amide bonds. The van der Waals surface area contributed by atoms with E-state index in [-0.39, 0.29) is 0 Å². The van der Waals surface area contributed by atoms with Crippen molar-refractivity contribution >= 4 is 0 Å². The monoisotopic (exact) mass is 196 g/mol. The lowest BCUT2D eigenvalue weighted by Gasteiger charge is -2.12. The molecule has 1 unspecified atom stereocenters. The maximum Gasteiger partial charge on any atom is 0.134 e. The summed E-state index contributed by atoms with van der Waals surface area (Å²) in [7, 11) is 0. The van der Waals surface area contributed by atoms with Crippen molar-refractivity contribution in [1.29, 1.82) is 0 Å². The van der Waals surface area contributed by atoms with Crippen molar-refractivity contribution in [3.8, 4) is 0 Å². The van der Waals surface area contributed by atoms with Gasteiger partial charge in [-0.3, -0.25) is 0 Å². The lowest BCUT2D eigenvalue weighted by atomic mass is 10.2. The van der Waals surface area contributed by atoms with Crippen LogP contribution in [0.5, 0.6) is 0 Å². The van der Waals surface area contributed by atoms with E-state index in [4.69, 9.17) is 0 Å².